The molecule has 1 saturated heterocycles. The van der Waals surface area contributed by atoms with E-state index in [0.717, 1.165) is 5.56 Å². The highest BCUT2D eigenvalue weighted by atomic mass is 16.6. The number of aromatic carboxylic acids is 1. The molecule has 1 aliphatic rings. The van der Waals surface area contributed by atoms with Crippen molar-refractivity contribution in [1.29, 1.82) is 0 Å². The Labute approximate surface area is 110 Å². The maximum atomic E-state index is 11.9. The van der Waals surface area contributed by atoms with Crippen LogP contribution in [0.5, 0.6) is 0 Å². The van der Waals surface area contributed by atoms with Gasteiger partial charge in [-0.1, -0.05) is 11.6 Å². The molecule has 1 amide bonds. The van der Waals surface area contributed by atoms with Crippen molar-refractivity contribution < 1.29 is 24.2 Å². The highest BCUT2D eigenvalue weighted by Crippen LogP contribution is 2.18. The quantitative estimate of drug-likeness (QED) is 0.853. The number of carbonyl (C=O) groups excluding carboxylic acids is 1. The first-order valence-electron chi connectivity index (χ1n) is 5.92. The fraction of sp³-hybridized carbons (Fsp3) is 0.385. The van der Waals surface area contributed by atoms with Crippen molar-refractivity contribution in [1.82, 2.24) is 0 Å². The molecule has 0 aromatic heterocycles. The summed E-state index contributed by atoms with van der Waals surface area (Å²) in [5.41, 5.74) is 1.13. The van der Waals surface area contributed by atoms with E-state index in [9.17, 15) is 9.59 Å². The van der Waals surface area contributed by atoms with Gasteiger partial charge >= 0.3 is 5.97 Å². The third-order valence-electron chi connectivity index (χ3n) is 2.77. The molecule has 0 spiro atoms. The van der Waals surface area contributed by atoms with Crippen molar-refractivity contribution in [3.63, 3.8) is 0 Å². The summed E-state index contributed by atoms with van der Waals surface area (Å²) in [6.07, 6.45) is -0.698. The Morgan fingerprint density at radius 1 is 1.37 bits per heavy atom. The molecule has 2 rings (SSSR count). The number of benzene rings is 1. The molecule has 6 heteroatoms. The number of hydrogen-bond acceptors (Lipinski definition) is 4. The van der Waals surface area contributed by atoms with Crippen LogP contribution in [-0.4, -0.2) is 42.9 Å². The zero-order valence-electron chi connectivity index (χ0n) is 10.5. The highest BCUT2D eigenvalue weighted by molar-refractivity contribution is 6.02. The minimum absolute atomic E-state index is 0.0603. The summed E-state index contributed by atoms with van der Waals surface area (Å²) in [5.74, 6) is -1.48. The molecule has 2 N–H and O–H groups in total. The van der Waals surface area contributed by atoms with Gasteiger partial charge in [-0.15, -0.1) is 0 Å². The van der Waals surface area contributed by atoms with Gasteiger partial charge < -0.3 is 19.9 Å². The number of ether oxygens (including phenoxy) is 2. The van der Waals surface area contributed by atoms with Gasteiger partial charge in [-0.25, -0.2) is 4.79 Å². The van der Waals surface area contributed by atoms with Gasteiger partial charge in [0, 0.05) is 0 Å². The van der Waals surface area contributed by atoms with Crippen LogP contribution in [0.1, 0.15) is 15.9 Å². The Balaban J connectivity index is 2.13. The van der Waals surface area contributed by atoms with Crippen molar-refractivity contribution in [2.45, 2.75) is 13.0 Å². The second-order valence-electron chi connectivity index (χ2n) is 4.28. The predicted octanol–water partition coefficient (Wildman–Crippen LogP) is 1.05. The van der Waals surface area contributed by atoms with Gasteiger partial charge in [0.1, 0.15) is 0 Å². The summed E-state index contributed by atoms with van der Waals surface area (Å²) >= 11 is 0. The summed E-state index contributed by atoms with van der Waals surface area (Å²) in [7, 11) is 0. The number of amides is 1. The van der Waals surface area contributed by atoms with E-state index >= 15 is 0 Å². The van der Waals surface area contributed by atoms with E-state index < -0.39 is 18.0 Å². The van der Waals surface area contributed by atoms with Gasteiger partial charge in [0.15, 0.2) is 6.10 Å². The Kier molecular flexibility index (Phi) is 4.13. The normalized spacial score (nSPS) is 18.9. The van der Waals surface area contributed by atoms with Crippen LogP contribution in [0.3, 0.4) is 0 Å². The molecule has 0 radical (unpaired) electrons. The van der Waals surface area contributed by atoms with E-state index in [1.807, 2.05) is 0 Å². The Morgan fingerprint density at radius 3 is 2.79 bits per heavy atom. The molecule has 1 atom stereocenters. The van der Waals surface area contributed by atoms with Crippen LogP contribution in [0.2, 0.25) is 0 Å². The third-order valence-corrected chi connectivity index (χ3v) is 2.77. The zero-order valence-corrected chi connectivity index (χ0v) is 10.5. The van der Waals surface area contributed by atoms with E-state index in [2.05, 4.69) is 5.32 Å². The van der Waals surface area contributed by atoms with Crippen LogP contribution < -0.4 is 5.32 Å². The molecule has 1 heterocycles. The fourth-order valence-corrected chi connectivity index (χ4v) is 1.80. The van der Waals surface area contributed by atoms with Crippen molar-refractivity contribution in [3.05, 3.63) is 29.3 Å². The maximum Gasteiger partial charge on any atom is 0.337 e. The van der Waals surface area contributed by atoms with Gasteiger partial charge in [0.25, 0.3) is 5.91 Å². The second kappa shape index (κ2) is 5.81. The number of carboxylic acid groups (broad SMARTS) is 1. The summed E-state index contributed by atoms with van der Waals surface area (Å²) in [5, 5.41) is 11.7. The molecule has 102 valence electrons. The predicted molar refractivity (Wildman–Crippen MR) is 67.3 cm³/mol. The molecule has 1 aromatic rings. The van der Waals surface area contributed by atoms with Crippen molar-refractivity contribution in [2.24, 2.45) is 0 Å². The van der Waals surface area contributed by atoms with Crippen molar-refractivity contribution in [3.8, 4) is 0 Å². The first kappa shape index (κ1) is 13.5. The Hall–Kier alpha value is -1.92. The first-order chi connectivity index (χ1) is 9.08. The molecular weight excluding hydrogens is 250 g/mol. The van der Waals surface area contributed by atoms with Crippen LogP contribution in [0.25, 0.3) is 0 Å². The Bertz CT molecular complexity index is 494. The summed E-state index contributed by atoms with van der Waals surface area (Å²) in [6.45, 7) is 2.79. The van der Waals surface area contributed by atoms with E-state index in [4.69, 9.17) is 14.6 Å². The second-order valence-corrected chi connectivity index (χ2v) is 4.28. The van der Waals surface area contributed by atoms with Crippen LogP contribution in [0, 0.1) is 6.92 Å². The number of carboxylic acids is 1. The molecule has 0 aliphatic carbocycles. The molecule has 0 saturated carbocycles. The van der Waals surface area contributed by atoms with E-state index in [-0.39, 0.29) is 17.9 Å². The van der Waals surface area contributed by atoms with E-state index in [1.165, 1.54) is 6.07 Å². The number of rotatable bonds is 3. The molecule has 19 heavy (non-hydrogen) atoms. The van der Waals surface area contributed by atoms with Crippen LogP contribution >= 0.6 is 0 Å². The zero-order chi connectivity index (χ0) is 13.8. The van der Waals surface area contributed by atoms with Crippen molar-refractivity contribution >= 4 is 17.6 Å². The van der Waals surface area contributed by atoms with Gasteiger partial charge in [-0.05, 0) is 19.1 Å². The van der Waals surface area contributed by atoms with Gasteiger partial charge in [0.2, 0.25) is 0 Å². The largest absolute Gasteiger partial charge is 0.478 e. The van der Waals surface area contributed by atoms with Crippen LogP contribution in [-0.2, 0) is 14.3 Å². The van der Waals surface area contributed by atoms with E-state index in [1.54, 1.807) is 19.1 Å². The molecular formula is C13H15NO5. The lowest BCUT2D eigenvalue weighted by Gasteiger charge is -2.22. The molecule has 6 nitrogen and oxygen atoms in total. The lowest BCUT2D eigenvalue weighted by Crippen LogP contribution is -2.39. The number of aryl methyl sites for hydroxylation is 1. The lowest BCUT2D eigenvalue weighted by atomic mass is 10.1. The van der Waals surface area contributed by atoms with Gasteiger partial charge in [-0.2, -0.15) is 0 Å². The van der Waals surface area contributed by atoms with Crippen LogP contribution in [0.15, 0.2) is 18.2 Å². The topological polar surface area (TPSA) is 84.9 Å². The standard InChI is InChI=1S/C13H15NO5/c1-8-2-3-10(9(6-8)13(16)17)14-12(15)11-7-18-4-5-19-11/h2-3,6,11H,4-5,7H2,1H3,(H,14,15)(H,16,17). The summed E-state index contributed by atoms with van der Waals surface area (Å²) in [6, 6.07) is 4.82. The average molecular weight is 265 g/mol. The maximum absolute atomic E-state index is 11.9. The minimum Gasteiger partial charge on any atom is -0.478 e. The smallest absolute Gasteiger partial charge is 0.337 e. The van der Waals surface area contributed by atoms with Crippen LogP contribution in [0.4, 0.5) is 5.69 Å². The summed E-state index contributed by atoms with van der Waals surface area (Å²) < 4.78 is 10.4. The summed E-state index contributed by atoms with van der Waals surface area (Å²) in [4.78, 5) is 23.0. The Morgan fingerprint density at radius 2 is 2.16 bits per heavy atom. The lowest BCUT2D eigenvalue weighted by molar-refractivity contribution is -0.142. The highest BCUT2D eigenvalue weighted by Gasteiger charge is 2.24. The molecule has 1 fully saturated rings. The number of anilines is 1. The molecule has 1 aliphatic heterocycles. The van der Waals surface area contributed by atoms with E-state index in [0.29, 0.717) is 13.2 Å². The SMILES string of the molecule is Cc1ccc(NC(=O)C2COCCO2)c(C(=O)O)c1. The fourth-order valence-electron chi connectivity index (χ4n) is 1.80. The van der Waals surface area contributed by atoms with Gasteiger partial charge in [0.05, 0.1) is 31.1 Å². The molecule has 1 aromatic carbocycles. The minimum atomic E-state index is -1.08. The number of nitrogens with one attached hydrogen (secondary N) is 1. The number of carbonyl (C=O) groups is 2. The third kappa shape index (κ3) is 3.30. The first-order valence-corrected chi connectivity index (χ1v) is 5.92. The van der Waals surface area contributed by atoms with Crippen molar-refractivity contribution in [2.75, 3.05) is 25.1 Å². The van der Waals surface area contributed by atoms with Gasteiger partial charge in [-0.3, -0.25) is 4.79 Å². The molecule has 1 unspecified atom stereocenters. The monoisotopic (exact) mass is 265 g/mol. The average Bonchev–Trinajstić information content (AvgIpc) is 2.41. The number of hydrogen-bond donors (Lipinski definition) is 2. The molecule has 0 bridgehead atoms.